The molecule has 1 aromatic heterocycles. The first kappa shape index (κ1) is 8.29. The van der Waals surface area contributed by atoms with Crippen molar-refractivity contribution in [1.82, 2.24) is 15.1 Å². The lowest BCUT2D eigenvalue weighted by molar-refractivity contribution is -0.133. The molecule has 0 aromatic carbocycles. The van der Waals surface area contributed by atoms with E-state index in [4.69, 9.17) is 0 Å². The summed E-state index contributed by atoms with van der Waals surface area (Å²) < 4.78 is 0. The summed E-state index contributed by atoms with van der Waals surface area (Å²) >= 11 is 0. The summed E-state index contributed by atoms with van der Waals surface area (Å²) in [6.45, 7) is 3.77. The van der Waals surface area contributed by atoms with Gasteiger partial charge >= 0.3 is 0 Å². The van der Waals surface area contributed by atoms with Crippen LogP contribution in [0.5, 0.6) is 0 Å². The summed E-state index contributed by atoms with van der Waals surface area (Å²) in [5.74, 6) is 0.192. The Bertz CT molecular complexity index is 314. The summed E-state index contributed by atoms with van der Waals surface area (Å²) in [6, 6.07) is 1.91. The zero-order valence-electron chi connectivity index (χ0n) is 7.71. The van der Waals surface area contributed by atoms with E-state index in [1.165, 1.54) is 0 Å². The van der Waals surface area contributed by atoms with Crippen molar-refractivity contribution in [2.24, 2.45) is 0 Å². The molecule has 2 heterocycles. The SMILES string of the molecule is Cc1cc(CC(=O)N2CCC2)n[nH]1. The second-order valence-corrected chi connectivity index (χ2v) is 3.45. The fraction of sp³-hybridized carbons (Fsp3) is 0.556. The first-order valence-corrected chi connectivity index (χ1v) is 4.54. The Hall–Kier alpha value is -1.32. The van der Waals surface area contributed by atoms with Gasteiger partial charge in [-0.05, 0) is 19.4 Å². The maximum absolute atomic E-state index is 11.5. The molecule has 1 saturated heterocycles. The molecule has 13 heavy (non-hydrogen) atoms. The minimum absolute atomic E-state index is 0.192. The summed E-state index contributed by atoms with van der Waals surface area (Å²) in [6.07, 6.45) is 1.58. The van der Waals surface area contributed by atoms with Gasteiger partial charge in [-0.3, -0.25) is 9.89 Å². The zero-order chi connectivity index (χ0) is 9.26. The quantitative estimate of drug-likeness (QED) is 0.718. The standard InChI is InChI=1S/C9H13N3O/c1-7-5-8(11-10-7)6-9(13)12-3-2-4-12/h5H,2-4,6H2,1H3,(H,10,11). The Kier molecular flexibility index (Phi) is 2.04. The van der Waals surface area contributed by atoms with Gasteiger partial charge in [-0.15, -0.1) is 0 Å². The van der Waals surface area contributed by atoms with Gasteiger partial charge in [-0.25, -0.2) is 0 Å². The molecule has 1 aromatic rings. The molecule has 70 valence electrons. The van der Waals surface area contributed by atoms with Gasteiger partial charge in [0.25, 0.3) is 0 Å². The topological polar surface area (TPSA) is 49.0 Å². The number of nitrogens with one attached hydrogen (secondary N) is 1. The number of rotatable bonds is 2. The second-order valence-electron chi connectivity index (χ2n) is 3.45. The average Bonchev–Trinajstić information content (AvgIpc) is 2.31. The van der Waals surface area contributed by atoms with Crippen LogP contribution in [0.15, 0.2) is 6.07 Å². The zero-order valence-corrected chi connectivity index (χ0v) is 7.71. The van der Waals surface area contributed by atoms with Crippen LogP contribution in [-0.2, 0) is 11.2 Å². The van der Waals surface area contributed by atoms with Crippen molar-refractivity contribution in [3.63, 3.8) is 0 Å². The second kappa shape index (κ2) is 3.20. The fourth-order valence-corrected chi connectivity index (χ4v) is 1.40. The van der Waals surface area contributed by atoms with Crippen molar-refractivity contribution in [1.29, 1.82) is 0 Å². The van der Waals surface area contributed by atoms with Crippen molar-refractivity contribution >= 4 is 5.91 Å². The third kappa shape index (κ3) is 1.71. The molecule has 0 saturated carbocycles. The van der Waals surface area contributed by atoms with Gasteiger partial charge in [0.1, 0.15) is 0 Å². The monoisotopic (exact) mass is 179 g/mol. The van der Waals surface area contributed by atoms with Crippen LogP contribution >= 0.6 is 0 Å². The molecule has 0 bridgehead atoms. The van der Waals surface area contributed by atoms with E-state index >= 15 is 0 Å². The van der Waals surface area contributed by atoms with Crippen LogP contribution in [0.4, 0.5) is 0 Å². The molecular formula is C9H13N3O. The number of likely N-dealkylation sites (tertiary alicyclic amines) is 1. The van der Waals surface area contributed by atoms with Crippen LogP contribution in [0.1, 0.15) is 17.8 Å². The lowest BCUT2D eigenvalue weighted by atomic mass is 10.2. The first-order valence-electron chi connectivity index (χ1n) is 4.54. The predicted octanol–water partition coefficient (Wildman–Crippen LogP) is 0.493. The van der Waals surface area contributed by atoms with Crippen molar-refractivity contribution in [2.45, 2.75) is 19.8 Å². The molecule has 0 unspecified atom stereocenters. The van der Waals surface area contributed by atoms with Crippen LogP contribution in [0.3, 0.4) is 0 Å². The number of aryl methyl sites for hydroxylation is 1. The van der Waals surface area contributed by atoms with Crippen LogP contribution in [-0.4, -0.2) is 34.1 Å². The summed E-state index contributed by atoms with van der Waals surface area (Å²) in [5, 5.41) is 6.85. The summed E-state index contributed by atoms with van der Waals surface area (Å²) in [4.78, 5) is 13.3. The number of carbonyl (C=O) groups is 1. The Balaban J connectivity index is 1.93. The van der Waals surface area contributed by atoms with Crippen molar-refractivity contribution in [2.75, 3.05) is 13.1 Å². The van der Waals surface area contributed by atoms with E-state index in [1.807, 2.05) is 17.9 Å². The van der Waals surface area contributed by atoms with Crippen molar-refractivity contribution < 1.29 is 4.79 Å². The molecule has 1 fully saturated rings. The molecular weight excluding hydrogens is 166 g/mol. The number of carbonyl (C=O) groups excluding carboxylic acids is 1. The van der Waals surface area contributed by atoms with Crippen LogP contribution in [0.25, 0.3) is 0 Å². The van der Waals surface area contributed by atoms with Gasteiger partial charge in [-0.2, -0.15) is 5.10 Å². The van der Waals surface area contributed by atoms with Crippen LogP contribution in [0.2, 0.25) is 0 Å². The normalized spacial score (nSPS) is 15.6. The first-order chi connectivity index (χ1) is 6.25. The lowest BCUT2D eigenvalue weighted by Gasteiger charge is -2.30. The van der Waals surface area contributed by atoms with E-state index in [-0.39, 0.29) is 5.91 Å². The number of amides is 1. The highest BCUT2D eigenvalue weighted by molar-refractivity contribution is 5.78. The molecule has 0 aliphatic carbocycles. The number of hydrogen-bond donors (Lipinski definition) is 1. The smallest absolute Gasteiger partial charge is 0.228 e. The summed E-state index contributed by atoms with van der Waals surface area (Å²) in [7, 11) is 0. The summed E-state index contributed by atoms with van der Waals surface area (Å²) in [5.41, 5.74) is 1.85. The Morgan fingerprint density at radius 2 is 2.46 bits per heavy atom. The van der Waals surface area contributed by atoms with Gasteiger partial charge in [-0.1, -0.05) is 0 Å². The van der Waals surface area contributed by atoms with Gasteiger partial charge in [0.15, 0.2) is 0 Å². The molecule has 2 rings (SSSR count). The molecule has 1 aliphatic rings. The number of hydrogen-bond acceptors (Lipinski definition) is 2. The van der Waals surface area contributed by atoms with Crippen molar-refractivity contribution in [3.8, 4) is 0 Å². The van der Waals surface area contributed by atoms with E-state index in [0.717, 1.165) is 30.9 Å². The highest BCUT2D eigenvalue weighted by atomic mass is 16.2. The van der Waals surface area contributed by atoms with E-state index in [2.05, 4.69) is 10.2 Å². The molecule has 4 nitrogen and oxygen atoms in total. The third-order valence-corrected chi connectivity index (χ3v) is 2.30. The van der Waals surface area contributed by atoms with Crippen LogP contribution < -0.4 is 0 Å². The van der Waals surface area contributed by atoms with E-state index in [0.29, 0.717) is 6.42 Å². The molecule has 0 radical (unpaired) electrons. The molecule has 0 spiro atoms. The maximum Gasteiger partial charge on any atom is 0.228 e. The number of H-pyrrole nitrogens is 1. The maximum atomic E-state index is 11.5. The van der Waals surface area contributed by atoms with Gasteiger partial charge in [0, 0.05) is 18.8 Å². The third-order valence-electron chi connectivity index (χ3n) is 2.30. The minimum atomic E-state index is 0.192. The number of aromatic nitrogens is 2. The minimum Gasteiger partial charge on any atom is -0.342 e. The predicted molar refractivity (Wildman–Crippen MR) is 48.2 cm³/mol. The molecule has 1 amide bonds. The van der Waals surface area contributed by atoms with E-state index in [9.17, 15) is 4.79 Å². The molecule has 1 N–H and O–H groups in total. The van der Waals surface area contributed by atoms with Gasteiger partial charge < -0.3 is 4.90 Å². The molecule has 0 atom stereocenters. The van der Waals surface area contributed by atoms with Crippen LogP contribution in [0, 0.1) is 6.92 Å². The average molecular weight is 179 g/mol. The number of nitrogens with zero attached hydrogens (tertiary/aromatic N) is 2. The van der Waals surface area contributed by atoms with Gasteiger partial charge in [0.2, 0.25) is 5.91 Å². The van der Waals surface area contributed by atoms with Crippen molar-refractivity contribution in [3.05, 3.63) is 17.5 Å². The van der Waals surface area contributed by atoms with Gasteiger partial charge in [0.05, 0.1) is 12.1 Å². The highest BCUT2D eigenvalue weighted by Gasteiger charge is 2.20. The Morgan fingerprint density at radius 1 is 1.69 bits per heavy atom. The van der Waals surface area contributed by atoms with E-state index in [1.54, 1.807) is 0 Å². The Labute approximate surface area is 76.9 Å². The van der Waals surface area contributed by atoms with E-state index < -0.39 is 0 Å². The highest BCUT2D eigenvalue weighted by Crippen LogP contribution is 2.09. The fourth-order valence-electron chi connectivity index (χ4n) is 1.40. The largest absolute Gasteiger partial charge is 0.342 e. The molecule has 1 aliphatic heterocycles. The Morgan fingerprint density at radius 3 is 2.92 bits per heavy atom. The lowest BCUT2D eigenvalue weighted by Crippen LogP contribution is -2.42. The number of aromatic amines is 1. The molecule has 4 heteroatoms.